The lowest BCUT2D eigenvalue weighted by molar-refractivity contribution is -0.133. The van der Waals surface area contributed by atoms with Gasteiger partial charge in [0.15, 0.2) is 0 Å². The summed E-state index contributed by atoms with van der Waals surface area (Å²) in [6.07, 6.45) is 10.2. The third-order valence-corrected chi connectivity index (χ3v) is 7.14. The molecule has 9 heteroatoms. The molecule has 2 amide bonds. The van der Waals surface area contributed by atoms with Crippen LogP contribution in [0.15, 0.2) is 11.8 Å². The summed E-state index contributed by atoms with van der Waals surface area (Å²) < 4.78 is 25.2. The molecule has 3 aliphatic rings. The first-order valence-corrected chi connectivity index (χ1v) is 12.5. The van der Waals surface area contributed by atoms with Crippen LogP contribution < -0.4 is 0 Å². The molecule has 29 heavy (non-hydrogen) atoms. The maximum absolute atomic E-state index is 12.8. The second kappa shape index (κ2) is 10.3. The zero-order chi connectivity index (χ0) is 20.3. The van der Waals surface area contributed by atoms with E-state index in [9.17, 15) is 18.0 Å². The van der Waals surface area contributed by atoms with Gasteiger partial charge in [-0.05, 0) is 57.8 Å². The maximum Gasteiger partial charge on any atom is 0.246 e. The van der Waals surface area contributed by atoms with Gasteiger partial charge < -0.3 is 9.80 Å². The highest BCUT2D eigenvalue weighted by Gasteiger charge is 2.53. The van der Waals surface area contributed by atoms with Crippen LogP contribution >= 0.6 is 12.4 Å². The van der Waals surface area contributed by atoms with Crippen molar-refractivity contribution in [2.75, 3.05) is 32.4 Å². The summed E-state index contributed by atoms with van der Waals surface area (Å²) in [7, 11) is -3.67. The number of likely N-dealkylation sites (tertiary alicyclic amines) is 1. The van der Waals surface area contributed by atoms with Crippen LogP contribution in [0.1, 0.15) is 58.3 Å². The normalized spacial score (nSPS) is 24.6. The number of unbranched alkanes of at least 4 members (excludes halogenated alkanes) is 2. The Morgan fingerprint density at radius 3 is 2.48 bits per heavy atom. The maximum atomic E-state index is 12.8. The molecule has 0 spiro atoms. The Bertz CT molecular complexity index is 734. The summed E-state index contributed by atoms with van der Waals surface area (Å²) in [5.41, 5.74) is 0.480. The predicted octanol–water partition coefficient (Wildman–Crippen LogP) is 2.38. The topological polar surface area (TPSA) is 78.0 Å². The SMILES string of the molecule is CCC[C@H]1C(=O)N(S(C)(=O)=O)C2=CCN(C(=O)CCCCCN3CCCC3)[C@@H]21.Cl. The number of nitrogens with zero attached hydrogens (tertiary/aromatic N) is 3. The number of hydrogen-bond acceptors (Lipinski definition) is 5. The van der Waals surface area contributed by atoms with Crippen molar-refractivity contribution in [1.29, 1.82) is 0 Å². The average molecular weight is 448 g/mol. The summed E-state index contributed by atoms with van der Waals surface area (Å²) in [5.74, 6) is -0.807. The fraction of sp³-hybridized carbons (Fsp3) is 0.800. The fourth-order valence-corrected chi connectivity index (χ4v) is 5.80. The van der Waals surface area contributed by atoms with Crippen LogP contribution in [0.2, 0.25) is 0 Å². The molecule has 3 heterocycles. The zero-order valence-electron chi connectivity index (χ0n) is 17.5. The lowest BCUT2D eigenvalue weighted by Gasteiger charge is -2.27. The van der Waals surface area contributed by atoms with Crippen LogP contribution in [-0.4, -0.2) is 72.8 Å². The van der Waals surface area contributed by atoms with Gasteiger partial charge in [0.1, 0.15) is 0 Å². The molecular weight excluding hydrogens is 414 g/mol. The van der Waals surface area contributed by atoms with Crippen LogP contribution in [0.3, 0.4) is 0 Å². The molecule has 3 rings (SSSR count). The smallest absolute Gasteiger partial charge is 0.246 e. The second-order valence-electron chi connectivity index (χ2n) is 8.24. The Morgan fingerprint density at radius 2 is 1.86 bits per heavy atom. The van der Waals surface area contributed by atoms with Crippen molar-refractivity contribution in [2.45, 2.75) is 64.3 Å². The van der Waals surface area contributed by atoms with E-state index in [1.807, 2.05) is 6.92 Å². The van der Waals surface area contributed by atoms with Crippen LogP contribution in [0, 0.1) is 5.92 Å². The van der Waals surface area contributed by atoms with Crippen LogP contribution in [0.5, 0.6) is 0 Å². The van der Waals surface area contributed by atoms with E-state index in [4.69, 9.17) is 0 Å². The van der Waals surface area contributed by atoms with Gasteiger partial charge in [-0.1, -0.05) is 19.8 Å². The molecule has 0 unspecified atom stereocenters. The fourth-order valence-electron chi connectivity index (χ4n) is 4.77. The van der Waals surface area contributed by atoms with Crippen molar-refractivity contribution >= 4 is 34.2 Å². The Kier molecular flexibility index (Phi) is 8.55. The highest BCUT2D eigenvalue weighted by atomic mass is 35.5. The number of hydrogen-bond donors (Lipinski definition) is 0. The predicted molar refractivity (Wildman–Crippen MR) is 115 cm³/mol. The summed E-state index contributed by atoms with van der Waals surface area (Å²) in [6, 6.07) is -0.417. The third kappa shape index (κ3) is 5.33. The molecule has 0 bridgehead atoms. The Balaban J connectivity index is 0.00000300. The van der Waals surface area contributed by atoms with Crippen molar-refractivity contribution in [3.8, 4) is 0 Å². The number of fused-ring (bicyclic) bond motifs is 1. The standard InChI is InChI=1S/C20H33N3O4S.ClH/c1-3-9-16-19-17(23(20(16)25)28(2,26)27)11-15-22(19)18(24)10-5-4-6-12-21-13-7-8-14-21;/h11,16,19H,3-10,12-15H2,1-2H3;1H/t16-,19-;/m1./s1. The van der Waals surface area contributed by atoms with E-state index < -0.39 is 22.0 Å². The van der Waals surface area contributed by atoms with E-state index in [1.54, 1.807) is 11.0 Å². The molecule has 0 radical (unpaired) electrons. The first kappa shape index (κ1) is 24.2. The number of carbonyl (C=O) groups is 2. The number of sulfonamides is 1. The van der Waals surface area contributed by atoms with Gasteiger partial charge in [0.05, 0.1) is 23.9 Å². The lowest BCUT2D eigenvalue weighted by Crippen LogP contribution is -2.41. The van der Waals surface area contributed by atoms with Gasteiger partial charge in [-0.15, -0.1) is 12.4 Å². The lowest BCUT2D eigenvalue weighted by atomic mass is 9.96. The number of amides is 2. The molecule has 0 aliphatic carbocycles. The van der Waals surface area contributed by atoms with Gasteiger partial charge in [0.25, 0.3) is 0 Å². The van der Waals surface area contributed by atoms with E-state index in [0.717, 1.165) is 42.8 Å². The minimum absolute atomic E-state index is 0. The van der Waals surface area contributed by atoms with Gasteiger partial charge in [-0.3, -0.25) is 9.59 Å². The zero-order valence-corrected chi connectivity index (χ0v) is 19.1. The molecular formula is C20H34ClN3O4S. The Hall–Kier alpha value is -1.12. The minimum Gasteiger partial charge on any atom is -0.330 e. The van der Waals surface area contributed by atoms with Crippen molar-refractivity contribution in [1.82, 2.24) is 14.1 Å². The third-order valence-electron chi connectivity index (χ3n) is 6.08. The number of halogens is 1. The van der Waals surface area contributed by atoms with E-state index in [-0.39, 0.29) is 24.2 Å². The molecule has 0 aromatic heterocycles. The molecule has 3 aliphatic heterocycles. The molecule has 7 nitrogen and oxygen atoms in total. The second-order valence-corrected chi connectivity index (χ2v) is 10.1. The summed E-state index contributed by atoms with van der Waals surface area (Å²) in [5, 5.41) is 0. The monoisotopic (exact) mass is 447 g/mol. The molecule has 0 saturated carbocycles. The average Bonchev–Trinajstić information content (AvgIpc) is 3.32. The van der Waals surface area contributed by atoms with E-state index in [0.29, 0.717) is 25.1 Å². The number of rotatable bonds is 9. The molecule has 0 aromatic carbocycles. The van der Waals surface area contributed by atoms with E-state index in [2.05, 4.69) is 4.90 Å². The van der Waals surface area contributed by atoms with Crippen LogP contribution in [0.4, 0.5) is 0 Å². The highest BCUT2D eigenvalue weighted by Crippen LogP contribution is 2.40. The van der Waals surface area contributed by atoms with Crippen molar-refractivity contribution < 1.29 is 18.0 Å². The largest absolute Gasteiger partial charge is 0.330 e. The Morgan fingerprint density at radius 1 is 1.17 bits per heavy atom. The summed E-state index contributed by atoms with van der Waals surface area (Å²) >= 11 is 0. The summed E-state index contributed by atoms with van der Waals surface area (Å²) in [6.45, 7) is 5.88. The molecule has 2 atom stereocenters. The van der Waals surface area contributed by atoms with Gasteiger partial charge in [-0.2, -0.15) is 0 Å². The van der Waals surface area contributed by atoms with Crippen LogP contribution in [0.25, 0.3) is 0 Å². The first-order chi connectivity index (χ1) is 13.3. The minimum atomic E-state index is -3.67. The van der Waals surface area contributed by atoms with Crippen LogP contribution in [-0.2, 0) is 19.6 Å². The van der Waals surface area contributed by atoms with Gasteiger partial charge in [-0.25, -0.2) is 12.7 Å². The summed E-state index contributed by atoms with van der Waals surface area (Å²) in [4.78, 5) is 29.7. The van der Waals surface area contributed by atoms with Crippen molar-refractivity contribution in [3.63, 3.8) is 0 Å². The van der Waals surface area contributed by atoms with Crippen molar-refractivity contribution in [3.05, 3.63) is 11.8 Å². The molecule has 0 N–H and O–H groups in total. The van der Waals surface area contributed by atoms with E-state index >= 15 is 0 Å². The molecule has 2 fully saturated rings. The number of carbonyl (C=O) groups excluding carboxylic acids is 2. The molecule has 166 valence electrons. The molecule has 2 saturated heterocycles. The Labute approximate surface area is 180 Å². The van der Waals surface area contributed by atoms with Gasteiger partial charge >= 0.3 is 0 Å². The van der Waals surface area contributed by atoms with Crippen molar-refractivity contribution in [2.24, 2.45) is 5.92 Å². The van der Waals surface area contributed by atoms with Gasteiger partial charge in [0, 0.05) is 13.0 Å². The first-order valence-electron chi connectivity index (χ1n) is 10.6. The van der Waals surface area contributed by atoms with E-state index in [1.165, 1.54) is 25.9 Å². The quantitative estimate of drug-likeness (QED) is 0.507. The van der Waals surface area contributed by atoms with Gasteiger partial charge in [0.2, 0.25) is 21.8 Å². The highest BCUT2D eigenvalue weighted by molar-refractivity contribution is 7.89. The molecule has 0 aromatic rings.